The predicted molar refractivity (Wildman–Crippen MR) is 95.0 cm³/mol. The maximum atomic E-state index is 12.8. The van der Waals surface area contributed by atoms with Crippen LogP contribution in [0.3, 0.4) is 0 Å². The molecule has 1 aliphatic rings. The van der Waals surface area contributed by atoms with Crippen molar-refractivity contribution in [2.24, 2.45) is 0 Å². The molecule has 0 amide bonds. The van der Waals surface area contributed by atoms with Gasteiger partial charge >= 0.3 is 11.7 Å². The fourth-order valence-corrected chi connectivity index (χ4v) is 3.22. The van der Waals surface area contributed by atoms with E-state index in [1.807, 2.05) is 24.3 Å². The van der Waals surface area contributed by atoms with Gasteiger partial charge in [-0.3, -0.25) is 14.9 Å². The van der Waals surface area contributed by atoms with Gasteiger partial charge in [0.1, 0.15) is 5.75 Å². The molecule has 25 heavy (non-hydrogen) atoms. The Bertz CT molecular complexity index is 815. The van der Waals surface area contributed by atoms with Crippen LogP contribution < -0.4 is 9.47 Å². The number of nitrogens with zero attached hydrogens (tertiary/aromatic N) is 1. The number of nitro benzene ring substituents is 1. The summed E-state index contributed by atoms with van der Waals surface area (Å²) in [6.07, 6.45) is 2.24. The third kappa shape index (κ3) is 3.24. The van der Waals surface area contributed by atoms with Crippen LogP contribution in [0.2, 0.25) is 0 Å². The zero-order valence-electron chi connectivity index (χ0n) is 13.5. The SMILES string of the molecule is COc1ccc(OC(=O)C2(c3ccc(Br)cc3)CCC2)c([N+](=O)[O-])c1. The van der Waals surface area contributed by atoms with Crippen LogP contribution in [0.4, 0.5) is 5.69 Å². The highest BCUT2D eigenvalue weighted by Gasteiger charge is 2.47. The number of hydrogen-bond acceptors (Lipinski definition) is 5. The molecule has 130 valence electrons. The topological polar surface area (TPSA) is 78.7 Å². The third-order valence-corrected chi connectivity index (χ3v) is 5.09. The molecule has 6 nitrogen and oxygen atoms in total. The molecule has 1 aliphatic carbocycles. The number of rotatable bonds is 5. The number of hydrogen-bond donors (Lipinski definition) is 0. The van der Waals surface area contributed by atoms with Crippen LogP contribution in [0.1, 0.15) is 24.8 Å². The molecule has 0 heterocycles. The Labute approximate surface area is 153 Å². The van der Waals surface area contributed by atoms with Crippen LogP contribution in [0.5, 0.6) is 11.5 Å². The number of esters is 1. The second kappa shape index (κ2) is 6.84. The fourth-order valence-electron chi connectivity index (χ4n) is 2.96. The van der Waals surface area contributed by atoms with Crippen LogP contribution in [-0.4, -0.2) is 18.0 Å². The van der Waals surface area contributed by atoms with E-state index in [0.717, 1.165) is 16.5 Å². The van der Waals surface area contributed by atoms with Crippen molar-refractivity contribution in [3.8, 4) is 11.5 Å². The summed E-state index contributed by atoms with van der Waals surface area (Å²) in [7, 11) is 1.42. The number of carbonyl (C=O) groups is 1. The third-order valence-electron chi connectivity index (χ3n) is 4.56. The van der Waals surface area contributed by atoms with Crippen LogP contribution in [0.15, 0.2) is 46.9 Å². The quantitative estimate of drug-likeness (QED) is 0.319. The minimum atomic E-state index is -0.742. The first kappa shape index (κ1) is 17.4. The fraction of sp³-hybridized carbons (Fsp3) is 0.278. The molecule has 2 aromatic carbocycles. The van der Waals surface area contributed by atoms with Crippen molar-refractivity contribution in [2.75, 3.05) is 7.11 Å². The second-order valence-electron chi connectivity index (χ2n) is 5.92. The second-order valence-corrected chi connectivity index (χ2v) is 6.84. The zero-order chi connectivity index (χ0) is 18.0. The summed E-state index contributed by atoms with van der Waals surface area (Å²) in [6.45, 7) is 0. The van der Waals surface area contributed by atoms with E-state index in [9.17, 15) is 14.9 Å². The maximum Gasteiger partial charge on any atom is 0.322 e. The molecule has 0 N–H and O–H groups in total. The summed E-state index contributed by atoms with van der Waals surface area (Å²) in [5.74, 6) is -0.203. The van der Waals surface area contributed by atoms with Crippen LogP contribution in [0, 0.1) is 10.1 Å². The average Bonchev–Trinajstić information content (AvgIpc) is 2.55. The van der Waals surface area contributed by atoms with Crippen molar-refractivity contribution in [1.82, 2.24) is 0 Å². The number of carbonyl (C=O) groups excluding carboxylic acids is 1. The molecule has 0 aromatic heterocycles. The summed E-state index contributed by atoms with van der Waals surface area (Å²) < 4.78 is 11.4. The molecular weight excluding hydrogens is 390 g/mol. The summed E-state index contributed by atoms with van der Waals surface area (Å²) in [4.78, 5) is 23.5. The maximum absolute atomic E-state index is 12.8. The van der Waals surface area contributed by atoms with E-state index in [0.29, 0.717) is 18.6 Å². The lowest BCUT2D eigenvalue weighted by atomic mass is 9.64. The van der Waals surface area contributed by atoms with Gasteiger partial charge in [0.25, 0.3) is 0 Å². The summed E-state index contributed by atoms with van der Waals surface area (Å²) in [6, 6.07) is 11.7. The number of ether oxygens (including phenoxy) is 2. The Morgan fingerprint density at radius 2 is 1.88 bits per heavy atom. The average molecular weight is 406 g/mol. The van der Waals surface area contributed by atoms with Crippen LogP contribution in [0.25, 0.3) is 0 Å². The number of benzene rings is 2. The molecule has 0 unspecified atom stereocenters. The molecule has 2 aromatic rings. The number of nitro groups is 1. The Morgan fingerprint density at radius 1 is 1.20 bits per heavy atom. The van der Waals surface area contributed by atoms with E-state index in [1.54, 1.807) is 0 Å². The van der Waals surface area contributed by atoms with Gasteiger partial charge < -0.3 is 9.47 Å². The first-order valence-corrected chi connectivity index (χ1v) is 8.56. The normalized spacial score (nSPS) is 15.1. The van der Waals surface area contributed by atoms with Crippen molar-refractivity contribution in [2.45, 2.75) is 24.7 Å². The minimum absolute atomic E-state index is 0.0702. The molecule has 0 atom stereocenters. The number of halogens is 1. The summed E-state index contributed by atoms with van der Waals surface area (Å²) >= 11 is 3.38. The van der Waals surface area contributed by atoms with E-state index < -0.39 is 16.3 Å². The van der Waals surface area contributed by atoms with Gasteiger partial charge in [0.15, 0.2) is 0 Å². The highest BCUT2D eigenvalue weighted by molar-refractivity contribution is 9.10. The Hall–Kier alpha value is -2.41. The van der Waals surface area contributed by atoms with Crippen LogP contribution in [-0.2, 0) is 10.2 Å². The van der Waals surface area contributed by atoms with E-state index >= 15 is 0 Å². The molecule has 3 rings (SSSR count). The monoisotopic (exact) mass is 405 g/mol. The molecular formula is C18H16BrNO5. The van der Waals surface area contributed by atoms with E-state index in [4.69, 9.17) is 9.47 Å². The minimum Gasteiger partial charge on any atom is -0.496 e. The standard InChI is InChI=1S/C18H16BrNO5/c1-24-14-7-8-16(15(11-14)20(22)23)25-17(21)18(9-2-10-18)12-3-5-13(19)6-4-12/h3-8,11H,2,9-10H2,1H3. The smallest absolute Gasteiger partial charge is 0.322 e. The molecule has 0 bridgehead atoms. The Kier molecular flexibility index (Phi) is 4.76. The molecule has 0 radical (unpaired) electrons. The van der Waals surface area contributed by atoms with E-state index in [2.05, 4.69) is 15.9 Å². The summed E-state index contributed by atoms with van der Waals surface area (Å²) in [5.41, 5.74) is -0.171. The van der Waals surface area contributed by atoms with Gasteiger partial charge in [-0.2, -0.15) is 0 Å². The van der Waals surface area contributed by atoms with Gasteiger partial charge in [0.05, 0.1) is 23.5 Å². The lowest BCUT2D eigenvalue weighted by molar-refractivity contribution is -0.385. The molecule has 1 saturated carbocycles. The van der Waals surface area contributed by atoms with Gasteiger partial charge in [0.2, 0.25) is 5.75 Å². The highest BCUT2D eigenvalue weighted by Crippen LogP contribution is 2.46. The van der Waals surface area contributed by atoms with Crippen molar-refractivity contribution in [3.63, 3.8) is 0 Å². The summed E-state index contributed by atoms with van der Waals surface area (Å²) in [5, 5.41) is 11.3. The largest absolute Gasteiger partial charge is 0.496 e. The molecule has 7 heteroatoms. The predicted octanol–water partition coefficient (Wildman–Crippen LogP) is 4.39. The lowest BCUT2D eigenvalue weighted by Gasteiger charge is -2.39. The van der Waals surface area contributed by atoms with Crippen molar-refractivity contribution in [3.05, 3.63) is 62.6 Å². The first-order valence-electron chi connectivity index (χ1n) is 7.77. The first-order chi connectivity index (χ1) is 12.0. The van der Waals surface area contributed by atoms with Gasteiger partial charge in [-0.15, -0.1) is 0 Å². The van der Waals surface area contributed by atoms with Crippen molar-refractivity contribution in [1.29, 1.82) is 0 Å². The Balaban J connectivity index is 1.91. The van der Waals surface area contributed by atoms with Gasteiger partial charge in [-0.25, -0.2) is 0 Å². The van der Waals surface area contributed by atoms with Crippen molar-refractivity contribution >= 4 is 27.6 Å². The molecule has 1 fully saturated rings. The van der Waals surface area contributed by atoms with E-state index in [1.165, 1.54) is 25.3 Å². The zero-order valence-corrected chi connectivity index (χ0v) is 15.1. The van der Waals surface area contributed by atoms with Gasteiger partial charge in [0, 0.05) is 4.47 Å². The molecule has 0 spiro atoms. The number of methoxy groups -OCH3 is 1. The lowest BCUT2D eigenvalue weighted by Crippen LogP contribution is -2.45. The van der Waals surface area contributed by atoms with Crippen molar-refractivity contribution < 1.29 is 19.2 Å². The highest BCUT2D eigenvalue weighted by atomic mass is 79.9. The molecule has 0 aliphatic heterocycles. The molecule has 0 saturated heterocycles. The van der Waals surface area contributed by atoms with Gasteiger partial charge in [-0.05, 0) is 42.7 Å². The Morgan fingerprint density at radius 3 is 2.40 bits per heavy atom. The van der Waals surface area contributed by atoms with E-state index in [-0.39, 0.29) is 11.4 Å². The van der Waals surface area contributed by atoms with Gasteiger partial charge in [-0.1, -0.05) is 34.5 Å². The van der Waals surface area contributed by atoms with Crippen LogP contribution >= 0.6 is 15.9 Å².